The first-order valence-electron chi connectivity index (χ1n) is 10.7. The van der Waals surface area contributed by atoms with Crippen molar-refractivity contribution in [2.45, 2.75) is 24.2 Å². The lowest BCUT2D eigenvalue weighted by Gasteiger charge is -2.25. The van der Waals surface area contributed by atoms with Crippen LogP contribution in [0.5, 0.6) is 0 Å². The van der Waals surface area contributed by atoms with Crippen LogP contribution in [-0.2, 0) is 10.0 Å². The maximum atomic E-state index is 12.8. The summed E-state index contributed by atoms with van der Waals surface area (Å²) in [6.45, 7) is 2.84. The van der Waals surface area contributed by atoms with Crippen LogP contribution in [0.25, 0.3) is 5.70 Å². The van der Waals surface area contributed by atoms with Crippen molar-refractivity contribution < 1.29 is 13.2 Å². The molecule has 0 atom stereocenters. The Balaban J connectivity index is 1.25. The van der Waals surface area contributed by atoms with Crippen LogP contribution in [0.2, 0.25) is 0 Å². The van der Waals surface area contributed by atoms with Crippen molar-refractivity contribution in [1.82, 2.24) is 9.21 Å². The normalized spacial score (nSPS) is 18.8. The Morgan fingerprint density at radius 3 is 2.38 bits per heavy atom. The molecule has 1 N–H and O–H groups in total. The lowest BCUT2D eigenvalue weighted by Crippen LogP contribution is -2.35. The second-order valence-corrected chi connectivity index (χ2v) is 10.7. The number of fused-ring (bicyclic) bond motifs is 1. The van der Waals surface area contributed by atoms with E-state index >= 15 is 0 Å². The number of amidine groups is 1. The van der Waals surface area contributed by atoms with E-state index in [1.165, 1.54) is 16.4 Å². The van der Waals surface area contributed by atoms with Crippen LogP contribution in [0.1, 0.15) is 35.2 Å². The maximum absolute atomic E-state index is 12.8. The molecular formula is C23H24N4O3S2. The average molecular weight is 469 g/mol. The molecule has 0 saturated carbocycles. The Bertz CT molecular complexity index is 1180. The fraction of sp³-hybridized carbons (Fsp3) is 0.304. The SMILES string of the molecule is O=C(Nc1ccc(C2=CSC3=NCCN23)cc1)c1ccc(S(=O)(=O)N2CCCCC2)cc1. The standard InChI is InChI=1S/C23H24N4O3S2/c28-22(18-6-10-20(11-7-18)32(29,30)26-13-2-1-3-14-26)25-19-8-4-17(5-9-19)21-16-31-23-24-12-15-27(21)23/h4-11,16H,1-3,12-15H2,(H,25,28). The molecular weight excluding hydrogens is 444 g/mol. The Hall–Kier alpha value is -2.62. The summed E-state index contributed by atoms with van der Waals surface area (Å²) in [5, 5.41) is 6.03. The summed E-state index contributed by atoms with van der Waals surface area (Å²) in [6.07, 6.45) is 2.85. The second kappa shape index (κ2) is 8.73. The van der Waals surface area contributed by atoms with Crippen LogP contribution in [-0.4, -0.2) is 54.9 Å². The number of amides is 1. The minimum atomic E-state index is -3.50. The van der Waals surface area contributed by atoms with Crippen molar-refractivity contribution in [3.63, 3.8) is 0 Å². The van der Waals surface area contributed by atoms with Gasteiger partial charge in [-0.3, -0.25) is 9.79 Å². The van der Waals surface area contributed by atoms with Gasteiger partial charge in [0.1, 0.15) is 0 Å². The number of nitrogens with one attached hydrogen (secondary N) is 1. The zero-order chi connectivity index (χ0) is 22.1. The Morgan fingerprint density at radius 1 is 0.938 bits per heavy atom. The molecule has 0 unspecified atom stereocenters. The van der Waals surface area contributed by atoms with E-state index in [9.17, 15) is 13.2 Å². The highest BCUT2D eigenvalue weighted by Crippen LogP contribution is 2.35. The highest BCUT2D eigenvalue weighted by molar-refractivity contribution is 8.16. The Morgan fingerprint density at radius 2 is 1.66 bits per heavy atom. The van der Waals surface area contributed by atoms with E-state index in [1.54, 1.807) is 23.9 Å². The number of hydrogen-bond acceptors (Lipinski definition) is 6. The molecule has 3 heterocycles. The Labute approximate surface area is 192 Å². The molecule has 7 nitrogen and oxygen atoms in total. The predicted molar refractivity (Wildman–Crippen MR) is 128 cm³/mol. The monoisotopic (exact) mass is 468 g/mol. The zero-order valence-corrected chi connectivity index (χ0v) is 19.2. The summed E-state index contributed by atoms with van der Waals surface area (Å²) in [6, 6.07) is 13.9. The van der Waals surface area contributed by atoms with Crippen molar-refractivity contribution in [3.05, 3.63) is 65.1 Å². The molecule has 1 fully saturated rings. The number of hydrogen-bond donors (Lipinski definition) is 1. The van der Waals surface area contributed by atoms with E-state index in [1.807, 2.05) is 24.3 Å². The van der Waals surface area contributed by atoms with Crippen LogP contribution in [0.3, 0.4) is 0 Å². The highest BCUT2D eigenvalue weighted by atomic mass is 32.2. The smallest absolute Gasteiger partial charge is 0.255 e. The molecule has 32 heavy (non-hydrogen) atoms. The lowest BCUT2D eigenvalue weighted by atomic mass is 10.1. The molecule has 3 aliphatic rings. The second-order valence-electron chi connectivity index (χ2n) is 7.96. The summed E-state index contributed by atoms with van der Waals surface area (Å²) >= 11 is 1.64. The van der Waals surface area contributed by atoms with Gasteiger partial charge in [0.05, 0.1) is 17.1 Å². The summed E-state index contributed by atoms with van der Waals surface area (Å²) in [5.74, 6) is -0.274. The number of benzene rings is 2. The third-order valence-electron chi connectivity index (χ3n) is 5.88. The summed E-state index contributed by atoms with van der Waals surface area (Å²) in [7, 11) is -3.50. The molecule has 5 rings (SSSR count). The molecule has 0 bridgehead atoms. The van der Waals surface area contributed by atoms with Crippen LogP contribution in [0.15, 0.2) is 63.8 Å². The molecule has 0 radical (unpaired) electrons. The van der Waals surface area contributed by atoms with Crippen molar-refractivity contribution in [2.24, 2.45) is 4.99 Å². The lowest BCUT2D eigenvalue weighted by molar-refractivity contribution is 0.102. The summed E-state index contributed by atoms with van der Waals surface area (Å²) in [4.78, 5) is 19.6. The fourth-order valence-corrected chi connectivity index (χ4v) is 6.59. The third-order valence-corrected chi connectivity index (χ3v) is 8.69. The largest absolute Gasteiger partial charge is 0.322 e. The van der Waals surface area contributed by atoms with E-state index in [2.05, 4.69) is 20.6 Å². The number of rotatable bonds is 5. The Kier molecular flexibility index (Phi) is 5.79. The molecule has 9 heteroatoms. The van der Waals surface area contributed by atoms with Gasteiger partial charge in [-0.05, 0) is 54.8 Å². The van der Waals surface area contributed by atoms with Gasteiger partial charge in [0.25, 0.3) is 5.91 Å². The van der Waals surface area contributed by atoms with Crippen molar-refractivity contribution in [1.29, 1.82) is 0 Å². The molecule has 0 aliphatic carbocycles. The zero-order valence-electron chi connectivity index (χ0n) is 17.5. The van der Waals surface area contributed by atoms with Crippen molar-refractivity contribution in [2.75, 3.05) is 31.5 Å². The number of aliphatic imine (C=N–C) groups is 1. The van der Waals surface area contributed by atoms with Crippen LogP contribution in [0, 0.1) is 0 Å². The molecule has 2 aromatic carbocycles. The van der Waals surface area contributed by atoms with Gasteiger partial charge >= 0.3 is 0 Å². The minimum absolute atomic E-state index is 0.229. The fourth-order valence-electron chi connectivity index (χ4n) is 4.11. The van der Waals surface area contributed by atoms with Crippen molar-refractivity contribution in [3.8, 4) is 0 Å². The number of piperidine rings is 1. The third kappa shape index (κ3) is 4.07. The molecule has 0 aromatic heterocycles. The first-order valence-corrected chi connectivity index (χ1v) is 13.1. The van der Waals surface area contributed by atoms with E-state index in [-0.39, 0.29) is 10.8 Å². The molecule has 0 spiro atoms. The van der Waals surface area contributed by atoms with Gasteiger partial charge in [-0.2, -0.15) is 4.31 Å². The number of sulfonamides is 1. The first kappa shape index (κ1) is 21.2. The molecule has 3 aliphatic heterocycles. The van der Waals surface area contributed by atoms with Gasteiger partial charge in [0, 0.05) is 36.3 Å². The van der Waals surface area contributed by atoms with Crippen LogP contribution >= 0.6 is 11.8 Å². The van der Waals surface area contributed by atoms with E-state index in [0.717, 1.165) is 48.8 Å². The van der Waals surface area contributed by atoms with Crippen LogP contribution in [0.4, 0.5) is 5.69 Å². The first-order chi connectivity index (χ1) is 15.5. The quantitative estimate of drug-likeness (QED) is 0.721. The van der Waals surface area contributed by atoms with Gasteiger partial charge in [-0.15, -0.1) is 0 Å². The van der Waals surface area contributed by atoms with Gasteiger partial charge < -0.3 is 10.2 Å². The van der Waals surface area contributed by atoms with E-state index < -0.39 is 10.0 Å². The highest BCUT2D eigenvalue weighted by Gasteiger charge is 2.27. The number of thioether (sulfide) groups is 1. The average Bonchev–Trinajstić information content (AvgIpc) is 3.45. The molecule has 1 saturated heterocycles. The van der Waals surface area contributed by atoms with Crippen molar-refractivity contribution >= 4 is 44.2 Å². The van der Waals surface area contributed by atoms with E-state index in [0.29, 0.717) is 24.3 Å². The van der Waals surface area contributed by atoms with Gasteiger partial charge in [-0.25, -0.2) is 8.42 Å². The number of carbonyl (C=O) groups excluding carboxylic acids is 1. The van der Waals surface area contributed by atoms with Gasteiger partial charge in [-0.1, -0.05) is 30.3 Å². The minimum Gasteiger partial charge on any atom is -0.322 e. The number of nitrogens with zero attached hydrogens (tertiary/aromatic N) is 3. The number of anilines is 1. The number of carbonyl (C=O) groups is 1. The maximum Gasteiger partial charge on any atom is 0.255 e. The molecule has 166 valence electrons. The van der Waals surface area contributed by atoms with E-state index in [4.69, 9.17) is 0 Å². The predicted octanol–water partition coefficient (Wildman–Crippen LogP) is 3.83. The topological polar surface area (TPSA) is 82.1 Å². The summed E-state index contributed by atoms with van der Waals surface area (Å²) in [5.41, 5.74) is 3.31. The van der Waals surface area contributed by atoms with Gasteiger partial charge in [0.2, 0.25) is 10.0 Å². The van der Waals surface area contributed by atoms with Gasteiger partial charge in [0.15, 0.2) is 5.17 Å². The molecule has 1 amide bonds. The summed E-state index contributed by atoms with van der Waals surface area (Å²) < 4.78 is 27.1. The molecule has 2 aromatic rings. The van der Waals surface area contributed by atoms with Crippen LogP contribution < -0.4 is 5.32 Å².